The molecule has 0 atom stereocenters. The zero-order valence-electron chi connectivity index (χ0n) is 14.9. The number of benzene rings is 1. The van der Waals surface area contributed by atoms with E-state index in [0.29, 0.717) is 43.4 Å². The van der Waals surface area contributed by atoms with Gasteiger partial charge in [0.15, 0.2) is 11.6 Å². The van der Waals surface area contributed by atoms with E-state index in [9.17, 15) is 9.59 Å². The lowest BCUT2D eigenvalue weighted by Crippen LogP contribution is -2.40. The minimum atomic E-state index is -0.373. The highest BCUT2D eigenvalue weighted by Gasteiger charge is 2.29. The summed E-state index contributed by atoms with van der Waals surface area (Å²) in [6.45, 7) is 2.32. The first-order valence-corrected chi connectivity index (χ1v) is 9.17. The van der Waals surface area contributed by atoms with Gasteiger partial charge in [0.2, 0.25) is 5.91 Å². The van der Waals surface area contributed by atoms with Crippen molar-refractivity contribution in [2.24, 2.45) is 0 Å². The lowest BCUT2D eigenvalue weighted by Gasteiger charge is -2.26. The average Bonchev–Trinajstić information content (AvgIpc) is 3.41. The minimum absolute atomic E-state index is 0.0721. The molecule has 1 aliphatic carbocycles. The molecule has 1 aromatic carbocycles. The number of nitrogens with one attached hydrogen (secondary N) is 2. The van der Waals surface area contributed by atoms with Crippen molar-refractivity contribution in [2.75, 3.05) is 37.7 Å². The number of rotatable bonds is 6. The number of hydrogen-bond acceptors (Lipinski definition) is 6. The van der Waals surface area contributed by atoms with Gasteiger partial charge in [0, 0.05) is 24.7 Å². The van der Waals surface area contributed by atoms with Crippen molar-refractivity contribution in [2.45, 2.75) is 18.9 Å². The Morgan fingerprint density at radius 1 is 1.15 bits per heavy atom. The highest BCUT2D eigenvalue weighted by atomic mass is 16.5. The van der Waals surface area contributed by atoms with E-state index < -0.39 is 0 Å². The van der Waals surface area contributed by atoms with Crippen molar-refractivity contribution < 1.29 is 18.8 Å². The standard InChI is InChI=1S/C19H22N4O4/c24-15(21-14-6-7-14)12-20-19(25)16-17(13-4-2-1-3-5-13)27-22-18(16)23-8-10-26-11-9-23/h1-5,14H,6-12H2,(H,20,25)(H,21,24). The molecule has 2 aliphatic rings. The summed E-state index contributed by atoms with van der Waals surface area (Å²) in [7, 11) is 0. The van der Waals surface area contributed by atoms with Gasteiger partial charge in [-0.3, -0.25) is 9.59 Å². The molecule has 8 heteroatoms. The van der Waals surface area contributed by atoms with E-state index in [1.807, 2.05) is 35.2 Å². The number of ether oxygens (including phenoxy) is 1. The van der Waals surface area contributed by atoms with Crippen LogP contribution in [0.15, 0.2) is 34.9 Å². The van der Waals surface area contributed by atoms with Crippen LogP contribution in [0.5, 0.6) is 0 Å². The van der Waals surface area contributed by atoms with E-state index in [4.69, 9.17) is 9.26 Å². The molecule has 0 bridgehead atoms. The van der Waals surface area contributed by atoms with Gasteiger partial charge in [0.05, 0.1) is 19.8 Å². The van der Waals surface area contributed by atoms with E-state index in [1.165, 1.54) is 0 Å². The van der Waals surface area contributed by atoms with Gasteiger partial charge in [-0.15, -0.1) is 0 Å². The number of anilines is 1. The molecule has 2 heterocycles. The highest BCUT2D eigenvalue weighted by Crippen LogP contribution is 2.31. The van der Waals surface area contributed by atoms with Crippen LogP contribution in [0.3, 0.4) is 0 Å². The zero-order valence-corrected chi connectivity index (χ0v) is 14.9. The molecule has 0 spiro atoms. The molecule has 2 fully saturated rings. The van der Waals surface area contributed by atoms with Crippen LogP contribution in [-0.2, 0) is 9.53 Å². The Labute approximate surface area is 156 Å². The molecule has 8 nitrogen and oxygen atoms in total. The second-order valence-electron chi connectivity index (χ2n) is 6.70. The fraction of sp³-hybridized carbons (Fsp3) is 0.421. The molecule has 2 amide bonds. The van der Waals surface area contributed by atoms with Gasteiger partial charge in [-0.1, -0.05) is 35.5 Å². The largest absolute Gasteiger partial charge is 0.378 e. The Kier molecular flexibility index (Phi) is 5.06. The normalized spacial score (nSPS) is 16.8. The van der Waals surface area contributed by atoms with Crippen LogP contribution in [0.1, 0.15) is 23.2 Å². The van der Waals surface area contributed by atoms with Gasteiger partial charge in [-0.2, -0.15) is 0 Å². The molecule has 4 rings (SSSR count). The van der Waals surface area contributed by atoms with Gasteiger partial charge in [0.1, 0.15) is 5.56 Å². The van der Waals surface area contributed by atoms with Crippen molar-refractivity contribution >= 4 is 17.6 Å². The summed E-state index contributed by atoms with van der Waals surface area (Å²) in [4.78, 5) is 26.8. The van der Waals surface area contributed by atoms with Crippen LogP contribution in [-0.4, -0.2) is 55.9 Å². The Balaban J connectivity index is 1.57. The fourth-order valence-corrected chi connectivity index (χ4v) is 3.02. The van der Waals surface area contributed by atoms with Crippen LogP contribution in [0.25, 0.3) is 11.3 Å². The highest BCUT2D eigenvalue weighted by molar-refractivity contribution is 6.05. The number of morpholine rings is 1. The molecule has 0 radical (unpaired) electrons. The predicted molar refractivity (Wildman–Crippen MR) is 98.5 cm³/mol. The van der Waals surface area contributed by atoms with Crippen LogP contribution in [0.2, 0.25) is 0 Å². The summed E-state index contributed by atoms with van der Waals surface area (Å²) in [5.41, 5.74) is 1.11. The van der Waals surface area contributed by atoms with Crippen LogP contribution >= 0.6 is 0 Å². The maximum atomic E-state index is 12.9. The van der Waals surface area contributed by atoms with Gasteiger partial charge >= 0.3 is 0 Å². The van der Waals surface area contributed by atoms with E-state index >= 15 is 0 Å². The number of hydrogen-bond donors (Lipinski definition) is 2. The van der Waals surface area contributed by atoms with Crippen molar-refractivity contribution in [1.29, 1.82) is 0 Å². The van der Waals surface area contributed by atoms with Gasteiger partial charge in [-0.05, 0) is 12.8 Å². The molecule has 142 valence electrons. The van der Waals surface area contributed by atoms with Gasteiger partial charge < -0.3 is 24.8 Å². The molecule has 2 N–H and O–H groups in total. The summed E-state index contributed by atoms with van der Waals surface area (Å²) in [6.07, 6.45) is 2.01. The van der Waals surface area contributed by atoms with Crippen LogP contribution in [0, 0.1) is 0 Å². The number of nitrogens with zero attached hydrogens (tertiary/aromatic N) is 2. The zero-order chi connectivity index (χ0) is 18.6. The quantitative estimate of drug-likeness (QED) is 0.793. The fourth-order valence-electron chi connectivity index (χ4n) is 3.02. The first-order valence-electron chi connectivity index (χ1n) is 9.17. The predicted octanol–water partition coefficient (Wildman–Crippen LogP) is 1.19. The molecule has 1 saturated heterocycles. The third-order valence-electron chi connectivity index (χ3n) is 4.60. The van der Waals surface area contributed by atoms with Crippen molar-refractivity contribution in [3.05, 3.63) is 35.9 Å². The van der Waals surface area contributed by atoms with Crippen molar-refractivity contribution in [1.82, 2.24) is 15.8 Å². The molecule has 2 aromatic rings. The molecular formula is C19H22N4O4. The van der Waals surface area contributed by atoms with Crippen molar-refractivity contribution in [3.63, 3.8) is 0 Å². The Morgan fingerprint density at radius 2 is 1.89 bits per heavy atom. The lowest BCUT2D eigenvalue weighted by atomic mass is 10.1. The number of carbonyl (C=O) groups is 2. The summed E-state index contributed by atoms with van der Waals surface area (Å²) in [6, 6.07) is 9.62. The van der Waals surface area contributed by atoms with Crippen LogP contribution < -0.4 is 15.5 Å². The molecule has 0 unspecified atom stereocenters. The first-order chi connectivity index (χ1) is 13.2. The second kappa shape index (κ2) is 7.79. The Morgan fingerprint density at radius 3 is 2.59 bits per heavy atom. The second-order valence-corrected chi connectivity index (χ2v) is 6.70. The Hall–Kier alpha value is -2.87. The summed E-state index contributed by atoms with van der Waals surface area (Å²) < 4.78 is 10.9. The Bertz CT molecular complexity index is 810. The molecule has 27 heavy (non-hydrogen) atoms. The molecule has 1 aliphatic heterocycles. The first kappa shape index (κ1) is 17.5. The van der Waals surface area contributed by atoms with Gasteiger partial charge in [0.25, 0.3) is 5.91 Å². The molecular weight excluding hydrogens is 348 g/mol. The minimum Gasteiger partial charge on any atom is -0.378 e. The SMILES string of the molecule is O=C(CNC(=O)c1c(N2CCOCC2)noc1-c1ccccc1)NC1CC1. The summed E-state index contributed by atoms with van der Waals surface area (Å²) in [5.74, 6) is 0.327. The monoisotopic (exact) mass is 370 g/mol. The number of carbonyl (C=O) groups excluding carboxylic acids is 2. The number of amides is 2. The molecule has 1 aromatic heterocycles. The topological polar surface area (TPSA) is 96.7 Å². The van der Waals surface area contributed by atoms with Gasteiger partial charge in [-0.25, -0.2) is 0 Å². The average molecular weight is 370 g/mol. The van der Waals surface area contributed by atoms with E-state index in [-0.39, 0.29) is 24.4 Å². The summed E-state index contributed by atoms with van der Waals surface area (Å²) >= 11 is 0. The molecule has 1 saturated carbocycles. The lowest BCUT2D eigenvalue weighted by molar-refractivity contribution is -0.120. The summed E-state index contributed by atoms with van der Waals surface area (Å²) in [5, 5.41) is 9.71. The smallest absolute Gasteiger partial charge is 0.259 e. The van der Waals surface area contributed by atoms with Crippen LogP contribution in [0.4, 0.5) is 5.82 Å². The van der Waals surface area contributed by atoms with E-state index in [1.54, 1.807) is 0 Å². The third-order valence-corrected chi connectivity index (χ3v) is 4.60. The van der Waals surface area contributed by atoms with Crippen molar-refractivity contribution in [3.8, 4) is 11.3 Å². The van der Waals surface area contributed by atoms with E-state index in [2.05, 4.69) is 15.8 Å². The third kappa shape index (κ3) is 4.11. The maximum absolute atomic E-state index is 12.9. The maximum Gasteiger partial charge on any atom is 0.259 e. The van der Waals surface area contributed by atoms with E-state index in [0.717, 1.165) is 18.4 Å². The number of aromatic nitrogens is 1.